The van der Waals surface area contributed by atoms with E-state index in [0.29, 0.717) is 37.2 Å². The van der Waals surface area contributed by atoms with Gasteiger partial charge < -0.3 is 10.1 Å². The van der Waals surface area contributed by atoms with Crippen molar-refractivity contribution in [3.05, 3.63) is 30.2 Å². The zero-order valence-electron chi connectivity index (χ0n) is 16.9. The van der Waals surface area contributed by atoms with Crippen LogP contribution in [0.4, 0.5) is 4.39 Å². The van der Waals surface area contributed by atoms with Crippen molar-refractivity contribution in [3.8, 4) is 5.88 Å². The lowest BCUT2D eigenvalue weighted by Crippen LogP contribution is -2.49. The molecule has 0 spiro atoms. The maximum atomic E-state index is 12.9. The van der Waals surface area contributed by atoms with Crippen LogP contribution in [0.1, 0.15) is 46.0 Å². The average Bonchev–Trinajstić information content (AvgIpc) is 3.53. The van der Waals surface area contributed by atoms with Gasteiger partial charge in [-0.3, -0.25) is 4.79 Å². The zero-order chi connectivity index (χ0) is 21.1. The van der Waals surface area contributed by atoms with Gasteiger partial charge in [-0.05, 0) is 43.7 Å². The Morgan fingerprint density at radius 2 is 2.07 bits per heavy atom. The number of hydrogen-bond acceptors (Lipinski definition) is 5. The van der Waals surface area contributed by atoms with Crippen LogP contribution < -0.4 is 10.1 Å². The van der Waals surface area contributed by atoms with E-state index in [4.69, 9.17) is 4.74 Å². The van der Waals surface area contributed by atoms with Crippen LogP contribution >= 0.6 is 0 Å². The first kappa shape index (κ1) is 21.7. The first-order valence-corrected chi connectivity index (χ1v) is 11.4. The number of carbonyl (C=O) groups is 1. The van der Waals surface area contributed by atoms with Crippen LogP contribution in [0.2, 0.25) is 0 Å². The van der Waals surface area contributed by atoms with Crippen molar-refractivity contribution in [1.82, 2.24) is 14.6 Å². The molecule has 2 aliphatic rings. The van der Waals surface area contributed by atoms with Gasteiger partial charge in [0.05, 0.1) is 12.5 Å². The highest BCUT2D eigenvalue weighted by atomic mass is 32.2. The maximum absolute atomic E-state index is 12.9. The summed E-state index contributed by atoms with van der Waals surface area (Å²) in [5.74, 6) is 0.258. The molecule has 3 rings (SSSR count). The topological polar surface area (TPSA) is 88.6 Å². The van der Waals surface area contributed by atoms with E-state index < -0.39 is 15.4 Å². The van der Waals surface area contributed by atoms with Crippen molar-refractivity contribution in [3.63, 3.8) is 0 Å². The molecule has 0 unspecified atom stereocenters. The molecule has 2 heterocycles. The highest BCUT2D eigenvalue weighted by Gasteiger charge is 2.41. The van der Waals surface area contributed by atoms with Gasteiger partial charge in [0, 0.05) is 30.6 Å². The standard InChI is InChI=1S/C20H28FN3O4S/c1-3-15(12-21)14-28-18-7-6-17(13-22-18)29(26,27)24-10-8-20(2,9-11-24)19(25)23-16-4-5-16/h6-7,12-13,16H,3-5,8-11,14H2,1-2H3,(H,23,25)/b15-12-. The number of rotatable bonds is 8. The molecule has 1 aliphatic heterocycles. The third kappa shape index (κ3) is 5.14. The maximum Gasteiger partial charge on any atom is 0.244 e. The number of carbonyl (C=O) groups excluding carboxylic acids is 1. The lowest BCUT2D eigenvalue weighted by molar-refractivity contribution is -0.132. The first-order chi connectivity index (χ1) is 13.8. The summed E-state index contributed by atoms with van der Waals surface area (Å²) in [5, 5.41) is 3.03. The van der Waals surface area contributed by atoms with Crippen molar-refractivity contribution in [2.45, 2.75) is 56.9 Å². The predicted molar refractivity (Wildman–Crippen MR) is 106 cm³/mol. The number of ether oxygens (including phenoxy) is 1. The van der Waals surface area contributed by atoms with Gasteiger partial charge >= 0.3 is 0 Å². The Morgan fingerprint density at radius 3 is 2.59 bits per heavy atom. The molecule has 0 bridgehead atoms. The molecule has 1 aromatic rings. The van der Waals surface area contributed by atoms with Crippen molar-refractivity contribution in [1.29, 1.82) is 0 Å². The number of sulfonamides is 1. The number of nitrogens with one attached hydrogen (secondary N) is 1. The van der Waals surface area contributed by atoms with Gasteiger partial charge in [0.1, 0.15) is 11.5 Å². The normalized spacial score (nSPS) is 20.3. The van der Waals surface area contributed by atoms with Gasteiger partial charge in [-0.1, -0.05) is 13.8 Å². The molecule has 0 radical (unpaired) electrons. The smallest absolute Gasteiger partial charge is 0.244 e. The number of pyridine rings is 1. The monoisotopic (exact) mass is 425 g/mol. The minimum Gasteiger partial charge on any atom is -0.473 e. The molecule has 1 aliphatic carbocycles. The molecule has 9 heteroatoms. The lowest BCUT2D eigenvalue weighted by atomic mass is 9.80. The van der Waals surface area contributed by atoms with Gasteiger partial charge in [0.15, 0.2) is 0 Å². The van der Waals surface area contributed by atoms with E-state index in [9.17, 15) is 17.6 Å². The summed E-state index contributed by atoms with van der Waals surface area (Å²) in [6, 6.07) is 3.20. The van der Waals surface area contributed by atoms with E-state index in [1.165, 1.54) is 22.6 Å². The molecule has 1 aromatic heterocycles. The summed E-state index contributed by atoms with van der Waals surface area (Å²) in [4.78, 5) is 16.6. The SMILES string of the molecule is CC/C(=C/F)COc1ccc(S(=O)(=O)N2CCC(C)(C(=O)NC3CC3)CC2)cn1. The van der Waals surface area contributed by atoms with Crippen molar-refractivity contribution in [2.75, 3.05) is 19.7 Å². The fraction of sp³-hybridized carbons (Fsp3) is 0.600. The number of piperidine rings is 1. The summed E-state index contributed by atoms with van der Waals surface area (Å²) >= 11 is 0. The lowest BCUT2D eigenvalue weighted by Gasteiger charge is -2.37. The van der Waals surface area contributed by atoms with Gasteiger partial charge in [0.25, 0.3) is 0 Å². The Morgan fingerprint density at radius 1 is 1.38 bits per heavy atom. The second-order valence-electron chi connectivity index (χ2n) is 7.95. The second kappa shape index (κ2) is 8.79. The Kier molecular flexibility index (Phi) is 6.58. The number of halogens is 1. The summed E-state index contributed by atoms with van der Waals surface area (Å²) in [7, 11) is -3.69. The molecule has 1 amide bonds. The van der Waals surface area contributed by atoms with Gasteiger partial charge in [-0.2, -0.15) is 4.31 Å². The molecular weight excluding hydrogens is 397 g/mol. The number of amides is 1. The molecule has 160 valence electrons. The van der Waals surface area contributed by atoms with E-state index >= 15 is 0 Å². The van der Waals surface area contributed by atoms with Crippen LogP contribution in [-0.2, 0) is 14.8 Å². The van der Waals surface area contributed by atoms with Crippen LogP contribution in [0.3, 0.4) is 0 Å². The van der Waals surface area contributed by atoms with Crippen LogP contribution in [0.25, 0.3) is 0 Å². The van der Waals surface area contributed by atoms with E-state index in [0.717, 1.165) is 12.8 Å². The zero-order valence-corrected chi connectivity index (χ0v) is 17.7. The minimum absolute atomic E-state index is 0.0222. The van der Waals surface area contributed by atoms with E-state index in [-0.39, 0.29) is 36.4 Å². The fourth-order valence-corrected chi connectivity index (χ4v) is 4.55. The molecule has 1 saturated carbocycles. The fourth-order valence-electron chi connectivity index (χ4n) is 3.17. The Labute approximate surface area is 171 Å². The summed E-state index contributed by atoms with van der Waals surface area (Å²) in [6.45, 7) is 4.36. The Hall–Kier alpha value is -2.00. The van der Waals surface area contributed by atoms with Gasteiger partial charge in [0.2, 0.25) is 21.8 Å². The third-order valence-corrected chi connectivity index (χ3v) is 7.53. The molecular formula is C20H28FN3O4S. The molecule has 29 heavy (non-hydrogen) atoms. The van der Waals surface area contributed by atoms with Gasteiger partial charge in [-0.25, -0.2) is 17.8 Å². The van der Waals surface area contributed by atoms with E-state index in [2.05, 4.69) is 10.3 Å². The van der Waals surface area contributed by atoms with Crippen LogP contribution in [0.15, 0.2) is 35.1 Å². The van der Waals surface area contributed by atoms with Crippen molar-refractivity contribution < 1.29 is 22.3 Å². The largest absolute Gasteiger partial charge is 0.473 e. The van der Waals surface area contributed by atoms with Gasteiger partial charge in [-0.15, -0.1) is 0 Å². The highest BCUT2D eigenvalue weighted by Crippen LogP contribution is 2.34. The number of nitrogens with zero attached hydrogens (tertiary/aromatic N) is 2. The van der Waals surface area contributed by atoms with Crippen LogP contribution in [-0.4, -0.2) is 49.4 Å². The van der Waals surface area contributed by atoms with Crippen molar-refractivity contribution in [2.24, 2.45) is 5.41 Å². The van der Waals surface area contributed by atoms with Crippen LogP contribution in [0.5, 0.6) is 5.88 Å². The number of hydrogen-bond donors (Lipinski definition) is 1. The average molecular weight is 426 g/mol. The quantitative estimate of drug-likeness (QED) is 0.692. The predicted octanol–water partition coefficient (Wildman–Crippen LogP) is 2.79. The molecule has 1 saturated heterocycles. The molecule has 7 nitrogen and oxygen atoms in total. The minimum atomic E-state index is -3.69. The Balaban J connectivity index is 1.60. The molecule has 0 aromatic carbocycles. The second-order valence-corrected chi connectivity index (χ2v) is 9.89. The van der Waals surface area contributed by atoms with Crippen LogP contribution in [0, 0.1) is 5.41 Å². The highest BCUT2D eigenvalue weighted by molar-refractivity contribution is 7.89. The summed E-state index contributed by atoms with van der Waals surface area (Å²) < 4.78 is 45.2. The first-order valence-electron chi connectivity index (χ1n) is 9.96. The molecule has 2 fully saturated rings. The van der Waals surface area contributed by atoms with E-state index in [1.807, 2.05) is 13.8 Å². The van der Waals surface area contributed by atoms with Crippen molar-refractivity contribution >= 4 is 15.9 Å². The Bertz CT molecular complexity index is 858. The molecule has 0 atom stereocenters. The van der Waals surface area contributed by atoms with E-state index in [1.54, 1.807) is 0 Å². The third-order valence-electron chi connectivity index (χ3n) is 5.65. The summed E-state index contributed by atoms with van der Waals surface area (Å²) in [6.07, 6.45) is 5.30. The summed E-state index contributed by atoms with van der Waals surface area (Å²) in [5.41, 5.74) is -0.0449. The number of aromatic nitrogens is 1. The molecule has 1 N–H and O–H groups in total.